The fraction of sp³-hybridized carbons (Fsp3) is 0.620. The number of nitrogens with zero attached hydrogens (tertiary/aromatic N) is 4. The zero-order valence-electron chi connectivity index (χ0n) is 72.9. The summed E-state index contributed by atoms with van der Waals surface area (Å²) in [5, 5.41) is 52.4. The van der Waals surface area contributed by atoms with E-state index in [1.165, 1.54) is 36.8 Å². The van der Waals surface area contributed by atoms with Gasteiger partial charge in [0.15, 0.2) is 70.1 Å². The van der Waals surface area contributed by atoms with Crippen LogP contribution in [0.15, 0.2) is 78.3 Å². The number of piperidine rings is 4. The Morgan fingerprint density at radius 3 is 1.24 bits per heavy atom. The summed E-state index contributed by atoms with van der Waals surface area (Å²) < 4.78 is 69.8. The number of ketones is 1. The molecule has 10 heterocycles. The smallest absolute Gasteiger partial charge is 0.870 e. The maximum atomic E-state index is 14.9. The molecule has 1 saturated carbocycles. The monoisotopic (exact) mass is 1720 g/mol. The van der Waals surface area contributed by atoms with E-state index < -0.39 is 74.3 Å². The Hall–Kier alpha value is -5.62. The van der Waals surface area contributed by atoms with Gasteiger partial charge in [-0.2, -0.15) is 0 Å². The van der Waals surface area contributed by atoms with Crippen LogP contribution in [0.1, 0.15) is 179 Å². The second-order valence-electron chi connectivity index (χ2n) is 35.7. The molecule has 26 nitrogen and oxygen atoms in total. The molecule has 650 valence electrons. The van der Waals surface area contributed by atoms with Gasteiger partial charge in [-0.3, -0.25) is 30.0 Å². The van der Waals surface area contributed by atoms with E-state index in [1.807, 2.05) is 49.5 Å². The molecule has 0 amide bonds. The number of benzene rings is 4. The third-order valence-corrected chi connectivity index (χ3v) is 30.6. The number of Topliss-reactive ketones (excluding diaryl/α,β-unsaturated/α-hetero) is 1. The first-order valence-electron chi connectivity index (χ1n) is 42.9. The van der Waals surface area contributed by atoms with Gasteiger partial charge in [0.25, 0.3) is 0 Å². The molecule has 0 aromatic heterocycles. The van der Waals surface area contributed by atoms with Gasteiger partial charge in [0.1, 0.15) is 11.5 Å². The molecule has 8 bridgehead atoms. The van der Waals surface area contributed by atoms with Gasteiger partial charge in [-0.25, -0.2) is 0 Å². The number of ether oxygens (including phenoxy) is 12. The van der Waals surface area contributed by atoms with Gasteiger partial charge >= 0.3 is 68.5 Å². The van der Waals surface area contributed by atoms with Crippen molar-refractivity contribution in [1.82, 2.24) is 19.6 Å². The molecule has 6 saturated heterocycles. The zero-order valence-corrected chi connectivity index (χ0v) is 74.5. The Kier molecular flexibility index (Phi) is 28.6. The fourth-order valence-electron chi connectivity index (χ4n) is 24.6. The van der Waals surface area contributed by atoms with Crippen molar-refractivity contribution in [3.63, 3.8) is 0 Å². The predicted octanol–water partition coefficient (Wildman–Crippen LogP) is -0.655. The molecule has 0 radical (unpaired) electrons. The normalized spacial score (nSPS) is 33.5. The van der Waals surface area contributed by atoms with E-state index >= 15 is 0 Å². The Balaban J connectivity index is 0.000000155. The van der Waals surface area contributed by atoms with Crippen molar-refractivity contribution in [1.29, 1.82) is 0 Å². The first-order valence-corrected chi connectivity index (χ1v) is 43.6. The summed E-state index contributed by atoms with van der Waals surface area (Å²) in [7, 11) is 14.7. The van der Waals surface area contributed by atoms with Crippen LogP contribution in [0.3, 0.4) is 0 Å². The summed E-state index contributed by atoms with van der Waals surface area (Å²) >= 11 is 10.1. The molecule has 0 unspecified atom stereocenters. The summed E-state index contributed by atoms with van der Waals surface area (Å²) in [6, 6.07) is 15.8. The minimum Gasteiger partial charge on any atom is -0.870 e. The first kappa shape index (κ1) is 95.0. The van der Waals surface area contributed by atoms with Crippen LogP contribution in [-0.2, 0) is 90.3 Å². The van der Waals surface area contributed by atoms with Crippen LogP contribution in [0, 0.1) is 6.08 Å². The van der Waals surface area contributed by atoms with Gasteiger partial charge in [-0.05, 0) is 258 Å². The molecule has 123 heavy (non-hydrogen) atoms. The number of aliphatic hydroxyl groups is 2. The summed E-state index contributed by atoms with van der Waals surface area (Å²) in [6.45, 7) is 7.33. The maximum Gasteiger partial charge on any atom is 1.00 e. The second kappa shape index (κ2) is 37.1. The summed E-state index contributed by atoms with van der Waals surface area (Å²) in [4.78, 5) is 68.5. The van der Waals surface area contributed by atoms with Crippen LogP contribution in [0.5, 0.6) is 46.0 Å². The van der Waals surface area contributed by atoms with Crippen LogP contribution in [-0.4, -0.2) is 244 Å². The summed E-state index contributed by atoms with van der Waals surface area (Å²) in [5.41, 5.74) is 1.73. The molecule has 4 spiro atoms. The van der Waals surface area contributed by atoms with Crippen molar-refractivity contribution in [3.05, 3.63) is 129 Å². The van der Waals surface area contributed by atoms with Crippen LogP contribution in [0.25, 0.3) is 0 Å². The second-order valence-corrected chi connectivity index (χ2v) is 36.5. The minimum absolute atomic E-state index is 0. The van der Waals surface area contributed by atoms with E-state index in [9.17, 15) is 44.4 Å². The van der Waals surface area contributed by atoms with E-state index in [0.29, 0.717) is 136 Å². The number of esters is 2. The molecule has 4 aromatic carbocycles. The molecule has 16 atom stereocenters. The van der Waals surface area contributed by atoms with Gasteiger partial charge in [-0.15, -0.1) is 0 Å². The van der Waals surface area contributed by atoms with Crippen molar-refractivity contribution in [3.8, 4) is 46.0 Å². The Morgan fingerprint density at radius 1 is 0.463 bits per heavy atom. The molecule has 10 aliphatic heterocycles. The number of rotatable bonds is 16. The third kappa shape index (κ3) is 14.9. The topological polar surface area (TPSA) is 326 Å². The molecule has 8 aliphatic carbocycles. The van der Waals surface area contributed by atoms with E-state index in [-0.39, 0.29) is 128 Å². The number of likely N-dealkylation sites (N-methyl/N-ethyl adjacent to an activating group) is 4. The molecule has 3 N–H and O–H groups in total. The van der Waals surface area contributed by atoms with Crippen molar-refractivity contribution >= 4 is 51.4 Å². The average Bonchev–Trinajstić information content (AvgIpc) is 1.56. The largest absolute Gasteiger partial charge is 1.00 e. The molecule has 7 fully saturated rings. The standard InChI is InChI=1S/C42H47N2O10.C18H21NO4.C18H19NO3.C6H8Cl2O2.2C4H8O.3Li.H2O/c1-43-19-17-39-33-23-9-11-25(49-3)35(33)53-37(39)27(13-15-41(39,47)29(43)21-23)51-31(45)7-5-6-8-32(46)52-28-14-16-42(48)30-22-24-10-12-26(50-4)36-34(24)40(42,38(28)54-36)18-20-44(30)2;1-19-8-7-17-14-10-3-4-12(22-2)15(14)23-16(17)11(20)5-6-18(17,21)13(19)9-10;1-19-9-8-17-14-4-3-7-18(17,20)13(19)10-11-5-6-12(21-2)16(22-14)15(11)17;7-5(9)3-1-2-4-6(8)10;2*1-2-4-5-3-1;;;;/h9-14,29-30,37-38,47H,5-8,15-22H2,1-4H3;3-4,13,16,21H,5-9H2,1-2H3;3,5-6,13-14H,7-10H2,1-2H3;1-4H2;2*1-4H2;;;;1H2/q-1;;-2;;;;3*+1;/p-1/t29-,30-,37+,38+,39+,40+,41-,42-;13-,16+,17+,18-;13-,14+,17-,18-;;;;;;;/m111......./s1. The fourth-order valence-corrected chi connectivity index (χ4v) is 24.8. The van der Waals surface area contributed by atoms with E-state index in [0.717, 1.165) is 123 Å². The molecular formula is C92H112Cl2Li3N4O22-. The van der Waals surface area contributed by atoms with Crippen molar-refractivity contribution < 1.29 is 163 Å². The Labute approximate surface area is 766 Å². The number of hydrogen-bond acceptors (Lipinski definition) is 26. The zero-order chi connectivity index (χ0) is 83.5. The average molecular weight is 1720 g/mol. The Bertz CT molecular complexity index is 4600. The maximum absolute atomic E-state index is 14.9. The van der Waals surface area contributed by atoms with Gasteiger partial charge in [0, 0.05) is 122 Å². The van der Waals surface area contributed by atoms with Crippen LogP contribution in [0.2, 0.25) is 0 Å². The van der Waals surface area contributed by atoms with Crippen LogP contribution < -0.4 is 105 Å². The molecule has 22 rings (SSSR count). The van der Waals surface area contributed by atoms with Gasteiger partial charge in [0.05, 0.1) is 50.5 Å². The summed E-state index contributed by atoms with van der Waals surface area (Å²) in [5.74, 6) is 5.37. The van der Waals surface area contributed by atoms with Gasteiger partial charge < -0.3 is 108 Å². The number of likely N-dealkylation sites (tertiary alicyclic amines) is 4. The number of methoxy groups -OCH3 is 4. The number of halogens is 2. The molecule has 4 aromatic rings. The van der Waals surface area contributed by atoms with E-state index in [2.05, 4.69) is 65.0 Å². The predicted molar refractivity (Wildman–Crippen MR) is 436 cm³/mol. The number of carbonyl (C=O) groups is 5. The molecular weight excluding hydrogens is 1600 g/mol. The van der Waals surface area contributed by atoms with E-state index in [1.54, 1.807) is 34.5 Å². The summed E-state index contributed by atoms with van der Waals surface area (Å²) in [6.07, 6.45) is 22.5. The quantitative estimate of drug-likeness (QED) is 0.0463. The number of hydrogen-bond donors (Lipinski definition) is 2. The Morgan fingerprint density at radius 2 is 0.813 bits per heavy atom. The minimum atomic E-state index is -1.33. The SMILES string of the molecule is C1CCOC1.C1CCOC1.COc1ccc2c3c1O[C@H]1C(=O)CC[C@@]4(O)[C@@H](C2)N(C)CC[C@]314.COc1ccc2c3c1O[C@H]1C(OC(=O)CCCCC(=O)OC4=CC[C@@]5(O)[C@H]6Cc7ccc(OC)c8c7[C@@]5(CCN6C)[C@H]4O8)=CC[C@@]4([O-])[C@@H](C2)N(C)CC[C@]314.COc1ccc2c3c1O[C@H]1[C-]=CC[C@@]4([O-])[C@@H](C2)N(C)CC[C@]314.O=C(Cl)CCCCC(=O)Cl.[Li+].[Li+].[Li+].[OH-]. The molecule has 31 heteroatoms. The van der Waals surface area contributed by atoms with Gasteiger partial charge in [-0.1, -0.05) is 41.9 Å². The van der Waals surface area contributed by atoms with E-state index in [4.69, 9.17) is 80.0 Å². The number of unbranched alkanes of at least 4 members (excludes halogenated alkanes) is 2. The molecule has 18 aliphatic rings. The van der Waals surface area contributed by atoms with Crippen LogP contribution in [0.4, 0.5) is 0 Å². The number of carbonyl (C=O) groups excluding carboxylic acids is 5. The van der Waals surface area contributed by atoms with Crippen molar-refractivity contribution in [2.75, 3.05) is 109 Å². The van der Waals surface area contributed by atoms with Crippen LogP contribution >= 0.6 is 23.2 Å². The first-order chi connectivity index (χ1) is 57.3. The van der Waals surface area contributed by atoms with Crippen molar-refractivity contribution in [2.24, 2.45) is 0 Å². The van der Waals surface area contributed by atoms with Crippen molar-refractivity contribution in [2.45, 2.75) is 253 Å². The third-order valence-electron chi connectivity index (χ3n) is 30.3. The van der Waals surface area contributed by atoms with Gasteiger partial charge in [0.2, 0.25) is 10.5 Å².